The van der Waals surface area contributed by atoms with Crippen LogP contribution in [0.2, 0.25) is 0 Å². The number of amides is 1. The van der Waals surface area contributed by atoms with Gasteiger partial charge in [0.1, 0.15) is 12.4 Å². The molecule has 0 aromatic heterocycles. The second kappa shape index (κ2) is 9.95. The number of nitrogens with one attached hydrogen (secondary N) is 1. The minimum atomic E-state index is -0.395. The quantitative estimate of drug-likeness (QED) is 0.700. The van der Waals surface area contributed by atoms with Crippen LogP contribution in [0.3, 0.4) is 0 Å². The van der Waals surface area contributed by atoms with Crippen molar-refractivity contribution >= 4 is 6.09 Å². The second-order valence-corrected chi connectivity index (χ2v) is 7.21. The standard InChI is InChI=1S/C21H31NO5/c1-2-12-25-20(23)22-11-13-24-19-8-6-17(7-9-19)16-18-5-3-4-10-21(18)26-14-15-27-21/h6-9,18H,2-5,10-16H2,1H3,(H,22,23)/t18-/m0/s1. The third kappa shape index (κ3) is 5.59. The highest BCUT2D eigenvalue weighted by Crippen LogP contribution is 2.42. The molecule has 1 amide bonds. The third-order valence-corrected chi connectivity index (χ3v) is 5.21. The number of carbonyl (C=O) groups is 1. The topological polar surface area (TPSA) is 66.0 Å². The maximum Gasteiger partial charge on any atom is 0.407 e. The van der Waals surface area contributed by atoms with Gasteiger partial charge in [-0.15, -0.1) is 0 Å². The molecule has 0 radical (unpaired) electrons. The third-order valence-electron chi connectivity index (χ3n) is 5.21. The van der Waals surface area contributed by atoms with Crippen molar-refractivity contribution < 1.29 is 23.7 Å². The monoisotopic (exact) mass is 377 g/mol. The van der Waals surface area contributed by atoms with E-state index in [-0.39, 0.29) is 5.79 Å². The predicted molar refractivity (Wildman–Crippen MR) is 102 cm³/mol. The fourth-order valence-electron chi connectivity index (χ4n) is 3.87. The van der Waals surface area contributed by atoms with Gasteiger partial charge in [-0.05, 0) is 43.4 Å². The van der Waals surface area contributed by atoms with Crippen molar-refractivity contribution in [3.8, 4) is 5.75 Å². The molecule has 1 saturated heterocycles. The first-order valence-corrected chi connectivity index (χ1v) is 10.1. The van der Waals surface area contributed by atoms with E-state index in [0.717, 1.165) is 31.4 Å². The number of rotatable bonds is 8. The predicted octanol–water partition coefficient (Wildman–Crippen LogP) is 3.68. The second-order valence-electron chi connectivity index (χ2n) is 7.21. The smallest absolute Gasteiger partial charge is 0.407 e. The Morgan fingerprint density at radius 2 is 1.96 bits per heavy atom. The molecule has 150 valence electrons. The van der Waals surface area contributed by atoms with Crippen molar-refractivity contribution in [2.75, 3.05) is 33.0 Å². The number of hydrogen-bond acceptors (Lipinski definition) is 5. The molecule has 2 aliphatic rings. The van der Waals surface area contributed by atoms with Gasteiger partial charge < -0.3 is 24.3 Å². The molecule has 3 rings (SSSR count). The number of carbonyl (C=O) groups excluding carboxylic acids is 1. The van der Waals surface area contributed by atoms with Crippen molar-refractivity contribution in [2.24, 2.45) is 5.92 Å². The fourth-order valence-corrected chi connectivity index (χ4v) is 3.87. The number of benzene rings is 1. The van der Waals surface area contributed by atoms with Crippen LogP contribution < -0.4 is 10.1 Å². The zero-order valence-electron chi connectivity index (χ0n) is 16.2. The van der Waals surface area contributed by atoms with Gasteiger partial charge in [-0.25, -0.2) is 4.79 Å². The minimum Gasteiger partial charge on any atom is -0.492 e. The number of ether oxygens (including phenoxy) is 4. The highest BCUT2D eigenvalue weighted by atomic mass is 16.7. The van der Waals surface area contributed by atoms with Crippen molar-refractivity contribution in [2.45, 2.75) is 51.2 Å². The van der Waals surface area contributed by atoms with Crippen molar-refractivity contribution in [3.05, 3.63) is 29.8 Å². The Balaban J connectivity index is 1.42. The van der Waals surface area contributed by atoms with Gasteiger partial charge in [-0.2, -0.15) is 0 Å². The Bertz CT molecular complexity index is 583. The summed E-state index contributed by atoms with van der Waals surface area (Å²) in [5.41, 5.74) is 1.27. The van der Waals surface area contributed by atoms with E-state index in [1.165, 1.54) is 18.4 Å². The lowest BCUT2D eigenvalue weighted by Crippen LogP contribution is -2.42. The molecule has 1 aliphatic carbocycles. The molecule has 1 aromatic carbocycles. The maximum absolute atomic E-state index is 11.3. The maximum atomic E-state index is 11.3. The van der Waals surface area contributed by atoms with Crippen LogP contribution >= 0.6 is 0 Å². The molecule has 27 heavy (non-hydrogen) atoms. The van der Waals surface area contributed by atoms with Gasteiger partial charge in [0.15, 0.2) is 5.79 Å². The first-order valence-electron chi connectivity index (χ1n) is 10.1. The van der Waals surface area contributed by atoms with Crippen LogP contribution in [0, 0.1) is 5.92 Å². The summed E-state index contributed by atoms with van der Waals surface area (Å²) in [5, 5.41) is 2.67. The molecule has 1 spiro atoms. The van der Waals surface area contributed by atoms with Crippen LogP contribution in [0.15, 0.2) is 24.3 Å². The zero-order valence-corrected chi connectivity index (χ0v) is 16.2. The van der Waals surface area contributed by atoms with Gasteiger partial charge in [0.2, 0.25) is 0 Å². The van der Waals surface area contributed by atoms with Crippen LogP contribution in [0.5, 0.6) is 5.75 Å². The van der Waals surface area contributed by atoms with E-state index in [1.807, 2.05) is 19.1 Å². The molecule has 1 saturated carbocycles. The minimum absolute atomic E-state index is 0.356. The normalized spacial score (nSPS) is 21.1. The summed E-state index contributed by atoms with van der Waals surface area (Å²) in [5.74, 6) is 0.860. The van der Waals surface area contributed by atoms with E-state index in [0.29, 0.717) is 38.9 Å². The Labute approximate surface area is 161 Å². The first kappa shape index (κ1) is 20.0. The molecule has 1 atom stereocenters. The van der Waals surface area contributed by atoms with Gasteiger partial charge in [0, 0.05) is 12.3 Å². The van der Waals surface area contributed by atoms with Gasteiger partial charge in [0.05, 0.1) is 26.4 Å². The Kier molecular flexibility index (Phi) is 7.35. The largest absolute Gasteiger partial charge is 0.492 e. The molecule has 0 unspecified atom stereocenters. The lowest BCUT2D eigenvalue weighted by atomic mass is 9.79. The van der Waals surface area contributed by atoms with E-state index >= 15 is 0 Å². The molecule has 1 aromatic rings. The molecule has 0 bridgehead atoms. The highest BCUT2D eigenvalue weighted by molar-refractivity contribution is 5.66. The van der Waals surface area contributed by atoms with Crippen LogP contribution in [-0.4, -0.2) is 44.9 Å². The zero-order chi connectivity index (χ0) is 19.0. The van der Waals surface area contributed by atoms with Crippen LogP contribution in [0.1, 0.15) is 44.6 Å². The van der Waals surface area contributed by atoms with Crippen LogP contribution in [0.25, 0.3) is 0 Å². The molecular weight excluding hydrogens is 346 g/mol. The summed E-state index contributed by atoms with van der Waals surface area (Å²) in [6, 6.07) is 8.18. The molecular formula is C21H31NO5. The summed E-state index contributed by atoms with van der Waals surface area (Å²) in [4.78, 5) is 11.3. The highest BCUT2D eigenvalue weighted by Gasteiger charge is 2.45. The molecule has 6 nitrogen and oxygen atoms in total. The average molecular weight is 377 g/mol. The number of hydrogen-bond donors (Lipinski definition) is 1. The Morgan fingerprint density at radius 1 is 1.19 bits per heavy atom. The van der Waals surface area contributed by atoms with Gasteiger partial charge >= 0.3 is 6.09 Å². The van der Waals surface area contributed by atoms with Crippen molar-refractivity contribution in [3.63, 3.8) is 0 Å². The molecule has 1 heterocycles. The summed E-state index contributed by atoms with van der Waals surface area (Å²) in [6.07, 6.45) is 5.97. The summed E-state index contributed by atoms with van der Waals surface area (Å²) >= 11 is 0. The molecule has 2 fully saturated rings. The van der Waals surface area contributed by atoms with Crippen LogP contribution in [0.4, 0.5) is 4.79 Å². The number of alkyl carbamates (subject to hydrolysis) is 1. The molecule has 1 N–H and O–H groups in total. The molecule has 6 heteroatoms. The van der Waals surface area contributed by atoms with E-state index in [9.17, 15) is 4.79 Å². The molecule has 1 aliphatic heterocycles. The van der Waals surface area contributed by atoms with Gasteiger partial charge in [-0.1, -0.05) is 25.5 Å². The van der Waals surface area contributed by atoms with E-state index in [4.69, 9.17) is 18.9 Å². The van der Waals surface area contributed by atoms with E-state index in [2.05, 4.69) is 17.4 Å². The average Bonchev–Trinajstić information content (AvgIpc) is 3.16. The summed E-state index contributed by atoms with van der Waals surface area (Å²) in [6.45, 7) is 4.65. The van der Waals surface area contributed by atoms with Gasteiger partial charge in [0.25, 0.3) is 0 Å². The Hall–Kier alpha value is -1.79. The lowest BCUT2D eigenvalue weighted by Gasteiger charge is -2.39. The van der Waals surface area contributed by atoms with E-state index < -0.39 is 6.09 Å². The van der Waals surface area contributed by atoms with Crippen molar-refractivity contribution in [1.82, 2.24) is 5.32 Å². The van der Waals surface area contributed by atoms with Crippen molar-refractivity contribution in [1.29, 1.82) is 0 Å². The Morgan fingerprint density at radius 3 is 2.70 bits per heavy atom. The lowest BCUT2D eigenvalue weighted by molar-refractivity contribution is -0.212. The van der Waals surface area contributed by atoms with E-state index in [1.54, 1.807) is 0 Å². The SMILES string of the molecule is CCCOC(=O)NCCOc1ccc(C[C@@H]2CCCCC23OCCO3)cc1. The summed E-state index contributed by atoms with van der Waals surface area (Å²) in [7, 11) is 0. The summed E-state index contributed by atoms with van der Waals surface area (Å²) < 4.78 is 22.6. The van der Waals surface area contributed by atoms with Gasteiger partial charge in [-0.3, -0.25) is 0 Å². The van der Waals surface area contributed by atoms with Crippen LogP contribution in [-0.2, 0) is 20.6 Å². The first-order chi connectivity index (χ1) is 13.2. The fraction of sp³-hybridized carbons (Fsp3) is 0.667.